The molecule has 13 nitrogen and oxygen atoms in total. The molecule has 2 atom stereocenters. The highest BCUT2D eigenvalue weighted by Gasteiger charge is 2.26. The first kappa shape index (κ1) is 27.1. The fraction of sp³-hybridized carbons (Fsp3) is 0.400. The van der Waals surface area contributed by atoms with Crippen LogP contribution >= 0.6 is 0 Å². The lowest BCUT2D eigenvalue weighted by Crippen LogP contribution is -2.46. The molecule has 5 aromatic rings. The van der Waals surface area contributed by atoms with Gasteiger partial charge in [-0.25, -0.2) is 24.6 Å². The third kappa shape index (κ3) is 5.55. The van der Waals surface area contributed by atoms with Crippen LogP contribution < -0.4 is 4.90 Å². The van der Waals surface area contributed by atoms with Gasteiger partial charge in [-0.1, -0.05) is 29.5 Å². The smallest absolute Gasteiger partial charge is 0.225 e. The van der Waals surface area contributed by atoms with Crippen LogP contribution in [-0.4, -0.2) is 101 Å². The zero-order chi connectivity index (χ0) is 29.3. The van der Waals surface area contributed by atoms with Crippen LogP contribution in [0.3, 0.4) is 0 Å². The van der Waals surface area contributed by atoms with Gasteiger partial charge < -0.3 is 14.7 Å². The van der Waals surface area contributed by atoms with Crippen LogP contribution in [0.4, 0.5) is 5.95 Å². The minimum absolute atomic E-state index is 0.0711. The van der Waals surface area contributed by atoms with Gasteiger partial charge >= 0.3 is 0 Å². The first-order valence-corrected chi connectivity index (χ1v) is 14.7. The molecular weight excluding hydrogens is 544 g/mol. The maximum absolute atomic E-state index is 11.6. The highest BCUT2D eigenvalue weighted by atomic mass is 16.1. The minimum Gasteiger partial charge on any atom is -0.340 e. The fourth-order valence-corrected chi connectivity index (χ4v) is 6.10. The van der Waals surface area contributed by atoms with Crippen molar-refractivity contribution in [3.63, 3.8) is 0 Å². The van der Waals surface area contributed by atoms with Crippen LogP contribution in [0, 0.1) is 5.92 Å². The first-order valence-electron chi connectivity index (χ1n) is 14.7. The molecule has 6 heterocycles. The number of anilines is 1. The average Bonchev–Trinajstić information content (AvgIpc) is 3.67. The van der Waals surface area contributed by atoms with E-state index in [0.29, 0.717) is 23.8 Å². The Labute approximate surface area is 249 Å². The number of likely N-dealkylation sites (N-methyl/N-ethyl adjacent to an activating group) is 1. The summed E-state index contributed by atoms with van der Waals surface area (Å²) in [5, 5.41) is 12.9. The summed E-state index contributed by atoms with van der Waals surface area (Å²) < 4.78 is 3.61. The Kier molecular flexibility index (Phi) is 7.23. The van der Waals surface area contributed by atoms with E-state index >= 15 is 0 Å². The van der Waals surface area contributed by atoms with Gasteiger partial charge in [-0.2, -0.15) is 5.10 Å². The Hall–Kier alpha value is -4.78. The van der Waals surface area contributed by atoms with Gasteiger partial charge in [0, 0.05) is 76.0 Å². The second-order valence-electron chi connectivity index (χ2n) is 11.5. The summed E-state index contributed by atoms with van der Waals surface area (Å²) in [6, 6.07) is 8.47. The predicted molar refractivity (Wildman–Crippen MR) is 161 cm³/mol. The molecule has 1 unspecified atom stereocenters. The van der Waals surface area contributed by atoms with Crippen molar-refractivity contribution in [2.75, 3.05) is 44.7 Å². The summed E-state index contributed by atoms with van der Waals surface area (Å²) in [7, 11) is 3.98. The summed E-state index contributed by atoms with van der Waals surface area (Å²) in [6.45, 7) is 4.91. The first-order chi connectivity index (χ1) is 21.0. The number of rotatable bonds is 7. The maximum atomic E-state index is 11.6. The highest BCUT2D eigenvalue weighted by molar-refractivity contribution is 5.69. The lowest BCUT2D eigenvalue weighted by atomic mass is 9.98. The summed E-state index contributed by atoms with van der Waals surface area (Å²) in [5.41, 5.74) is 6.04. The van der Waals surface area contributed by atoms with Gasteiger partial charge in [-0.15, -0.1) is 5.10 Å². The Bertz CT molecular complexity index is 1710. The molecule has 0 bridgehead atoms. The normalized spacial score (nSPS) is 19.7. The molecule has 0 spiro atoms. The van der Waals surface area contributed by atoms with Crippen molar-refractivity contribution >= 4 is 23.7 Å². The van der Waals surface area contributed by atoms with E-state index in [2.05, 4.69) is 61.5 Å². The molecule has 7 rings (SSSR count). The lowest BCUT2D eigenvalue weighted by molar-refractivity contribution is -0.122. The monoisotopic (exact) mass is 578 g/mol. The number of piperazine rings is 1. The number of aryl methyl sites for hydroxylation is 1. The minimum atomic E-state index is 0.0711. The van der Waals surface area contributed by atoms with Crippen LogP contribution in [-0.2, 0) is 18.4 Å². The molecule has 13 heteroatoms. The largest absolute Gasteiger partial charge is 0.340 e. The zero-order valence-electron chi connectivity index (χ0n) is 24.4. The van der Waals surface area contributed by atoms with Gasteiger partial charge in [0.1, 0.15) is 0 Å². The quantitative estimate of drug-likeness (QED) is 0.266. The van der Waals surface area contributed by atoms with Gasteiger partial charge in [-0.05, 0) is 36.9 Å². The number of carbonyl (C=O) groups excluding carboxylic acids is 1. The Morgan fingerprint density at radius 1 is 0.907 bits per heavy atom. The molecular formula is C30H34N12O. The number of nitrogens with zero attached hydrogens (tertiary/aromatic N) is 12. The highest BCUT2D eigenvalue weighted by Crippen LogP contribution is 2.28. The Morgan fingerprint density at radius 3 is 2.51 bits per heavy atom. The number of amides is 1. The third-order valence-electron chi connectivity index (χ3n) is 8.49. The SMILES string of the molecule is CN1CCN(C=O)[C@@H](c2ccc(-c3cnc(N4CCCC(Cn5nnc6ncc(-c7cnn(C)c7)nc65)C4)nc3)cc2)C1. The summed E-state index contributed by atoms with van der Waals surface area (Å²) >= 11 is 0. The average molecular weight is 579 g/mol. The van der Waals surface area contributed by atoms with Gasteiger partial charge in [0.25, 0.3) is 0 Å². The molecule has 4 aromatic heterocycles. The van der Waals surface area contributed by atoms with Crippen molar-refractivity contribution in [3.8, 4) is 22.4 Å². The van der Waals surface area contributed by atoms with Crippen molar-refractivity contribution in [1.82, 2.24) is 54.5 Å². The fourth-order valence-electron chi connectivity index (χ4n) is 6.10. The molecule has 0 aliphatic carbocycles. The van der Waals surface area contributed by atoms with Crippen molar-refractivity contribution < 1.29 is 4.79 Å². The second kappa shape index (κ2) is 11.5. The van der Waals surface area contributed by atoms with Gasteiger partial charge in [0.15, 0.2) is 5.65 Å². The van der Waals surface area contributed by atoms with Crippen LogP contribution in [0.15, 0.2) is 55.2 Å². The van der Waals surface area contributed by atoms with E-state index in [-0.39, 0.29) is 6.04 Å². The van der Waals surface area contributed by atoms with Crippen LogP contribution in [0.25, 0.3) is 33.7 Å². The summed E-state index contributed by atoms with van der Waals surface area (Å²) in [6.07, 6.45) is 12.3. The van der Waals surface area contributed by atoms with Crippen LogP contribution in [0.2, 0.25) is 0 Å². The van der Waals surface area contributed by atoms with Crippen molar-refractivity contribution in [3.05, 3.63) is 60.8 Å². The van der Waals surface area contributed by atoms with E-state index in [4.69, 9.17) is 15.0 Å². The number of carbonyl (C=O) groups is 1. The number of piperidine rings is 1. The molecule has 2 aliphatic heterocycles. The summed E-state index contributed by atoms with van der Waals surface area (Å²) in [4.78, 5) is 36.8. The molecule has 2 saturated heterocycles. The Balaban J connectivity index is 1.02. The number of fused-ring (bicyclic) bond motifs is 1. The van der Waals surface area contributed by atoms with E-state index in [0.717, 1.165) is 85.9 Å². The van der Waals surface area contributed by atoms with Gasteiger partial charge in [-0.3, -0.25) is 9.48 Å². The molecule has 0 radical (unpaired) electrons. The van der Waals surface area contributed by atoms with E-state index in [1.165, 1.54) is 0 Å². The molecule has 0 N–H and O–H groups in total. The third-order valence-corrected chi connectivity index (χ3v) is 8.49. The second-order valence-corrected chi connectivity index (χ2v) is 11.5. The maximum Gasteiger partial charge on any atom is 0.225 e. The number of benzene rings is 1. The van der Waals surface area contributed by atoms with Crippen LogP contribution in [0.5, 0.6) is 0 Å². The molecule has 2 aliphatic rings. The molecule has 2 fully saturated rings. The zero-order valence-corrected chi connectivity index (χ0v) is 24.4. The number of aromatic nitrogens is 9. The van der Waals surface area contributed by atoms with E-state index < -0.39 is 0 Å². The van der Waals surface area contributed by atoms with E-state index in [1.54, 1.807) is 17.1 Å². The van der Waals surface area contributed by atoms with Gasteiger partial charge in [0.2, 0.25) is 18.0 Å². The molecule has 1 aromatic carbocycles. The van der Waals surface area contributed by atoms with Crippen molar-refractivity contribution in [1.29, 1.82) is 0 Å². The molecule has 0 saturated carbocycles. The molecule has 220 valence electrons. The van der Waals surface area contributed by atoms with E-state index in [1.807, 2.05) is 35.2 Å². The lowest BCUT2D eigenvalue weighted by Gasteiger charge is -2.38. The molecule has 1 amide bonds. The number of hydrogen-bond donors (Lipinski definition) is 0. The van der Waals surface area contributed by atoms with Gasteiger partial charge in [0.05, 0.1) is 24.1 Å². The predicted octanol–water partition coefficient (Wildman–Crippen LogP) is 2.44. The van der Waals surface area contributed by atoms with Crippen molar-refractivity contribution in [2.45, 2.75) is 25.4 Å². The molecule has 43 heavy (non-hydrogen) atoms. The van der Waals surface area contributed by atoms with Crippen molar-refractivity contribution in [2.24, 2.45) is 13.0 Å². The Morgan fingerprint density at radius 2 is 1.74 bits per heavy atom. The van der Waals surface area contributed by atoms with Crippen LogP contribution in [0.1, 0.15) is 24.4 Å². The topological polar surface area (TPSA) is 127 Å². The standard InChI is InChI=1S/C30H34N12O/c1-38-10-11-41(20-43)27(19-38)23-7-5-22(6-8-23)24-12-32-30(33-13-24)40-9-3-4-21(16-40)17-42-29-28(36-37-42)31-15-26(35-29)25-14-34-39(2)18-25/h5-8,12-15,18,20-21,27H,3-4,9-11,16-17,19H2,1-2H3/t21?,27-/m1/s1. The van der Waals surface area contributed by atoms with E-state index in [9.17, 15) is 4.79 Å². The summed E-state index contributed by atoms with van der Waals surface area (Å²) in [5.74, 6) is 1.09. The number of hydrogen-bond acceptors (Lipinski definition) is 10.